The van der Waals surface area contributed by atoms with Gasteiger partial charge in [-0.15, -0.1) is 0 Å². The van der Waals surface area contributed by atoms with E-state index in [0.29, 0.717) is 37.9 Å². The molecule has 478 valence electrons. The van der Waals surface area contributed by atoms with Gasteiger partial charge in [-0.3, -0.25) is 38.4 Å². The van der Waals surface area contributed by atoms with Crippen LogP contribution in [0.15, 0.2) is 91.0 Å². The summed E-state index contributed by atoms with van der Waals surface area (Å²) in [6.07, 6.45) is 0.324. The molecule has 2 aliphatic heterocycles. The summed E-state index contributed by atoms with van der Waals surface area (Å²) >= 11 is 0. The van der Waals surface area contributed by atoms with Gasteiger partial charge in [-0.2, -0.15) is 0 Å². The van der Waals surface area contributed by atoms with Crippen LogP contribution in [0.25, 0.3) is 0 Å². The molecule has 0 saturated carbocycles. The number of ether oxygens (including phenoxy) is 2. The van der Waals surface area contributed by atoms with Crippen molar-refractivity contribution in [2.45, 2.75) is 194 Å². The number of cyclic esters (lactones) is 1. The fourth-order valence-corrected chi connectivity index (χ4v) is 11.7. The first-order chi connectivity index (χ1) is 41.1. The zero-order valence-electron chi connectivity index (χ0n) is 53.8. The molecular weight excluding hydrogens is 1110 g/mol. The Morgan fingerprint density at radius 1 is 0.598 bits per heavy atom. The van der Waals surface area contributed by atoms with Crippen LogP contribution in [0.4, 0.5) is 0 Å². The Balaban J connectivity index is 1.68. The van der Waals surface area contributed by atoms with Gasteiger partial charge in [0.2, 0.25) is 41.4 Å². The van der Waals surface area contributed by atoms with Crippen LogP contribution in [0.1, 0.15) is 131 Å². The van der Waals surface area contributed by atoms with E-state index in [1.165, 1.54) is 61.6 Å². The molecule has 0 spiro atoms. The maximum Gasteiger partial charge on any atom is 0.332 e. The summed E-state index contributed by atoms with van der Waals surface area (Å²) in [5.74, 6) is -8.34. The maximum absolute atomic E-state index is 15.4. The highest BCUT2D eigenvalue weighted by Crippen LogP contribution is 2.27. The Labute approximate surface area is 515 Å². The van der Waals surface area contributed by atoms with E-state index < -0.39 is 131 Å². The van der Waals surface area contributed by atoms with Gasteiger partial charge in [-0.05, 0) is 86.8 Å². The molecule has 3 aromatic carbocycles. The standard InChI is InChI=1S/C67H98N8O12/c1-15-44(7)54-64(82)71(11)51(35-27-37-86-41-48-32-24-19-25-33-48)58(76)68-49(38-42(3)4)62(80)74(14)57(67(9,10)85)66(84)87-56(45(8)16-2)65(83)73(13)55(43(5)6)60(78)69-50(39-46-28-20-17-21-29-46)61(79)72(12)53(40-47-30-22-18-23-31-47)63(81)75-36-26-34-52(75)59(77)70-54/h17-25,28-33,42-45,49-57,85H,15-16,26-27,34-41H2,1-14H3,(H,68,76)(H,69,78)(H,70,77)/t44-,45-,49-,50-,51-,52+,53+,54+,55+,56-,57+/m1/s1. The predicted molar refractivity (Wildman–Crippen MR) is 332 cm³/mol. The Kier molecular flexibility index (Phi) is 26.5. The number of carbonyl (C=O) groups excluding carboxylic acids is 9. The Hall–Kier alpha value is -7.19. The van der Waals surface area contributed by atoms with E-state index in [4.69, 9.17) is 9.47 Å². The van der Waals surface area contributed by atoms with Crippen LogP contribution >= 0.6 is 0 Å². The van der Waals surface area contributed by atoms with E-state index in [9.17, 15) is 14.7 Å². The summed E-state index contributed by atoms with van der Waals surface area (Å²) in [5, 5.41) is 20.7. The number of hydrogen-bond acceptors (Lipinski definition) is 12. The molecule has 0 unspecified atom stereocenters. The third-order valence-electron chi connectivity index (χ3n) is 17.1. The normalized spacial score (nSPS) is 25.0. The molecule has 0 aromatic heterocycles. The van der Waals surface area contributed by atoms with Crippen molar-refractivity contribution in [2.75, 3.05) is 41.3 Å². The molecule has 0 aliphatic carbocycles. The number of rotatable bonds is 18. The van der Waals surface area contributed by atoms with Crippen LogP contribution < -0.4 is 16.0 Å². The van der Waals surface area contributed by atoms with Gasteiger partial charge in [0.1, 0.15) is 42.3 Å². The molecule has 8 amide bonds. The molecule has 3 aromatic rings. The second-order valence-electron chi connectivity index (χ2n) is 25.2. The van der Waals surface area contributed by atoms with Crippen molar-refractivity contribution < 1.29 is 57.7 Å². The number of nitrogens with one attached hydrogen (secondary N) is 3. The molecular formula is C67H98N8O12. The van der Waals surface area contributed by atoms with E-state index in [1.807, 2.05) is 94.4 Å². The third kappa shape index (κ3) is 18.9. The zero-order valence-corrected chi connectivity index (χ0v) is 53.8. The van der Waals surface area contributed by atoms with Crippen molar-refractivity contribution in [1.29, 1.82) is 0 Å². The molecule has 5 rings (SSSR count). The molecule has 4 N–H and O–H groups in total. The van der Waals surface area contributed by atoms with Crippen molar-refractivity contribution in [3.63, 3.8) is 0 Å². The minimum absolute atomic E-state index is 0.0155. The lowest BCUT2D eigenvalue weighted by Gasteiger charge is -2.39. The summed E-state index contributed by atoms with van der Waals surface area (Å²) < 4.78 is 12.2. The summed E-state index contributed by atoms with van der Waals surface area (Å²) in [5.41, 5.74) is 0.349. The van der Waals surface area contributed by atoms with Crippen LogP contribution in [-0.4, -0.2) is 184 Å². The van der Waals surface area contributed by atoms with E-state index in [-0.39, 0.29) is 51.2 Å². The number of esters is 1. The van der Waals surface area contributed by atoms with Crippen LogP contribution in [0, 0.1) is 23.7 Å². The Morgan fingerprint density at radius 3 is 1.67 bits per heavy atom. The van der Waals surface area contributed by atoms with Crippen molar-refractivity contribution in [3.05, 3.63) is 108 Å². The molecule has 2 saturated heterocycles. The van der Waals surface area contributed by atoms with Gasteiger partial charge in [0.05, 0.1) is 12.2 Å². The van der Waals surface area contributed by atoms with Gasteiger partial charge in [0.25, 0.3) is 5.91 Å². The number of benzene rings is 3. The van der Waals surface area contributed by atoms with Gasteiger partial charge in [-0.25, -0.2) is 4.79 Å². The second kappa shape index (κ2) is 32.7. The number of nitrogens with zero attached hydrogens (tertiary/aromatic N) is 5. The average molecular weight is 1210 g/mol. The number of likely N-dealkylation sites (N-methyl/N-ethyl adjacent to an activating group) is 4. The number of hydrogen-bond donors (Lipinski definition) is 4. The van der Waals surface area contributed by atoms with Crippen molar-refractivity contribution in [3.8, 4) is 0 Å². The lowest BCUT2D eigenvalue weighted by molar-refractivity contribution is -0.177. The SMILES string of the molecule is CC[C@@H](C)[C@@H]1NC(=O)[C@@H]2CCCN2C(=O)[C@H](Cc2ccccc2)N(C)C(=O)[C@@H](Cc2ccccc2)NC(=O)[C@H](C(C)C)N(C)C(=O)[C@@H]([C@H](C)CC)OC(=O)[C@@H](C(C)(C)O)N(C)C(=O)[C@@H](CC(C)C)NC(=O)[C@@H](CCCOCc2ccccc2)N(C)C1=O. The molecule has 2 heterocycles. The highest BCUT2D eigenvalue weighted by molar-refractivity contribution is 5.99. The monoisotopic (exact) mass is 1210 g/mol. The summed E-state index contributed by atoms with van der Waals surface area (Å²) in [4.78, 5) is 142. The number of amides is 8. The Bertz CT molecular complexity index is 2780. The lowest BCUT2D eigenvalue weighted by Crippen LogP contribution is -2.62. The maximum atomic E-state index is 15.4. The summed E-state index contributed by atoms with van der Waals surface area (Å²) in [7, 11) is 5.68. The quantitative estimate of drug-likeness (QED) is 0.0884. The van der Waals surface area contributed by atoms with Gasteiger partial charge in [0.15, 0.2) is 12.1 Å². The minimum Gasteiger partial charge on any atom is -0.450 e. The number of fused-ring (bicyclic) bond motifs is 1. The Morgan fingerprint density at radius 2 is 1.13 bits per heavy atom. The van der Waals surface area contributed by atoms with Crippen LogP contribution in [0.5, 0.6) is 0 Å². The molecule has 2 fully saturated rings. The minimum atomic E-state index is -2.00. The van der Waals surface area contributed by atoms with Gasteiger partial charge < -0.3 is 55.0 Å². The fourth-order valence-electron chi connectivity index (χ4n) is 11.7. The molecule has 0 radical (unpaired) electrons. The average Bonchev–Trinajstić information content (AvgIpc) is 3.37. The highest BCUT2D eigenvalue weighted by atomic mass is 16.6. The second-order valence-corrected chi connectivity index (χ2v) is 25.2. The lowest BCUT2D eigenvalue weighted by atomic mass is 9.94. The van der Waals surface area contributed by atoms with Crippen LogP contribution in [0.2, 0.25) is 0 Å². The number of carbonyl (C=O) groups is 9. The highest BCUT2D eigenvalue weighted by Gasteiger charge is 2.48. The first kappa shape index (κ1) is 70.6. The van der Waals surface area contributed by atoms with Gasteiger partial charge in [-0.1, -0.05) is 153 Å². The molecule has 2 aliphatic rings. The molecule has 11 atom stereocenters. The topological polar surface area (TPSA) is 245 Å². The van der Waals surface area contributed by atoms with Crippen molar-refractivity contribution in [1.82, 2.24) is 40.4 Å². The molecule has 0 bridgehead atoms. The smallest absolute Gasteiger partial charge is 0.332 e. The molecule has 20 heteroatoms. The van der Waals surface area contributed by atoms with Gasteiger partial charge in [0, 0.05) is 60.1 Å². The fraction of sp³-hybridized carbons (Fsp3) is 0.597. The van der Waals surface area contributed by atoms with Crippen molar-refractivity contribution in [2.24, 2.45) is 23.7 Å². The number of aliphatic hydroxyl groups is 1. The van der Waals surface area contributed by atoms with E-state index in [0.717, 1.165) is 16.0 Å². The van der Waals surface area contributed by atoms with Crippen molar-refractivity contribution >= 4 is 53.2 Å². The third-order valence-corrected chi connectivity index (χ3v) is 17.1. The molecule has 20 nitrogen and oxygen atoms in total. The molecule has 87 heavy (non-hydrogen) atoms. The van der Waals surface area contributed by atoms with E-state index in [1.54, 1.807) is 52.0 Å². The zero-order chi connectivity index (χ0) is 64.4. The first-order valence-electron chi connectivity index (χ1n) is 31.0. The van der Waals surface area contributed by atoms with Crippen LogP contribution in [-0.2, 0) is 72.1 Å². The predicted octanol–water partition coefficient (Wildman–Crippen LogP) is 5.71. The summed E-state index contributed by atoms with van der Waals surface area (Å²) in [6, 6.07) is 17.4. The largest absolute Gasteiger partial charge is 0.450 e. The van der Waals surface area contributed by atoms with E-state index >= 15 is 33.6 Å². The summed E-state index contributed by atoms with van der Waals surface area (Å²) in [6.45, 7) is 17.6. The van der Waals surface area contributed by atoms with Crippen LogP contribution in [0.3, 0.4) is 0 Å². The van der Waals surface area contributed by atoms with Gasteiger partial charge >= 0.3 is 5.97 Å². The van der Waals surface area contributed by atoms with E-state index in [2.05, 4.69) is 16.0 Å². The first-order valence-corrected chi connectivity index (χ1v) is 31.0.